The van der Waals surface area contributed by atoms with Gasteiger partial charge in [0.2, 0.25) is 0 Å². The van der Waals surface area contributed by atoms with Crippen LogP contribution in [0.25, 0.3) is 12.4 Å². The molecule has 2 heterocycles. The van der Waals surface area contributed by atoms with Crippen LogP contribution in [0.2, 0.25) is 0 Å². The molecule has 1 aliphatic rings. The van der Waals surface area contributed by atoms with Gasteiger partial charge in [0, 0.05) is 57.4 Å². The standard InChI is InChI=1S/C41H68N6O7/c1-8-10-11-16-43-39(44-37(42)12-9-2)38-33(3)15-17-47(38)31-35-14-13-34(30-36(35)49-7)32-53-29-28-52-27-26-51-25-24-50-23-22-45-18-20-46(21-19-45)40(48)54-41(4,5)6/h13-15,17,30,43H,3,8-12,16,18-29,31-32H2,1-2,4-7H3,(H2,42,44)/b39-38+. The lowest BCUT2D eigenvalue weighted by Gasteiger charge is -2.35. The topological polar surface area (TPSA) is 134 Å². The van der Waals surface area contributed by atoms with Crippen LogP contribution in [0.4, 0.5) is 4.79 Å². The van der Waals surface area contributed by atoms with E-state index in [1.54, 1.807) is 12.0 Å². The van der Waals surface area contributed by atoms with E-state index in [0.717, 1.165) is 91.5 Å². The third kappa shape index (κ3) is 16.8. The molecule has 1 aromatic carbocycles. The third-order valence-electron chi connectivity index (χ3n) is 8.76. The van der Waals surface area contributed by atoms with Gasteiger partial charge in [-0.15, -0.1) is 0 Å². The minimum Gasteiger partial charge on any atom is -0.496 e. The number of hydrogen-bond acceptors (Lipinski definition) is 10. The third-order valence-corrected chi connectivity index (χ3v) is 8.76. The Morgan fingerprint density at radius 2 is 1.57 bits per heavy atom. The number of aliphatic imine (C=N–C) groups is 1. The van der Waals surface area contributed by atoms with E-state index in [4.69, 9.17) is 39.1 Å². The summed E-state index contributed by atoms with van der Waals surface area (Å²) in [6.07, 6.45) is 6.84. The summed E-state index contributed by atoms with van der Waals surface area (Å²) >= 11 is 0. The summed E-state index contributed by atoms with van der Waals surface area (Å²) in [6.45, 7) is 23.6. The Morgan fingerprint density at radius 1 is 0.907 bits per heavy atom. The summed E-state index contributed by atoms with van der Waals surface area (Å²) in [5, 5.41) is 5.35. The van der Waals surface area contributed by atoms with Crippen LogP contribution in [0.5, 0.6) is 5.75 Å². The fourth-order valence-corrected chi connectivity index (χ4v) is 5.87. The van der Waals surface area contributed by atoms with E-state index < -0.39 is 5.60 Å². The van der Waals surface area contributed by atoms with Crippen LogP contribution in [-0.4, -0.2) is 125 Å². The van der Waals surface area contributed by atoms with Gasteiger partial charge in [0.1, 0.15) is 17.2 Å². The van der Waals surface area contributed by atoms with E-state index in [0.29, 0.717) is 78.3 Å². The van der Waals surface area contributed by atoms with Gasteiger partial charge in [0.25, 0.3) is 0 Å². The quantitative estimate of drug-likeness (QED) is 0.0868. The van der Waals surface area contributed by atoms with Gasteiger partial charge in [-0.2, -0.15) is 0 Å². The normalized spacial score (nSPS) is 14.7. The minimum atomic E-state index is -0.472. The summed E-state index contributed by atoms with van der Waals surface area (Å²) in [5.41, 5.74) is 7.87. The molecule has 0 atom stereocenters. The second kappa shape index (κ2) is 24.7. The zero-order valence-electron chi connectivity index (χ0n) is 34.0. The lowest BCUT2D eigenvalue weighted by molar-refractivity contribution is -0.00858. The van der Waals surface area contributed by atoms with E-state index in [1.807, 2.05) is 39.1 Å². The summed E-state index contributed by atoms with van der Waals surface area (Å²) < 4.78 is 36.3. The van der Waals surface area contributed by atoms with Gasteiger partial charge in [0.15, 0.2) is 5.82 Å². The first-order valence-corrected chi connectivity index (χ1v) is 19.7. The van der Waals surface area contributed by atoms with E-state index in [9.17, 15) is 4.79 Å². The lowest BCUT2D eigenvalue weighted by Crippen LogP contribution is -2.50. The molecule has 0 radical (unpaired) electrons. The second-order valence-corrected chi connectivity index (χ2v) is 14.5. The van der Waals surface area contributed by atoms with Crippen LogP contribution in [0.3, 0.4) is 0 Å². The van der Waals surface area contributed by atoms with Crippen molar-refractivity contribution < 1.29 is 33.2 Å². The summed E-state index contributed by atoms with van der Waals surface area (Å²) in [4.78, 5) is 21.1. The zero-order valence-corrected chi connectivity index (χ0v) is 34.0. The van der Waals surface area contributed by atoms with Crippen LogP contribution in [0.1, 0.15) is 77.8 Å². The molecule has 1 fully saturated rings. The van der Waals surface area contributed by atoms with Gasteiger partial charge in [-0.3, -0.25) is 4.90 Å². The highest BCUT2D eigenvalue weighted by molar-refractivity contribution is 5.83. The number of carbonyl (C=O) groups is 1. The first kappa shape index (κ1) is 44.8. The number of nitrogens with one attached hydrogen (secondary N) is 1. The van der Waals surface area contributed by atoms with E-state index >= 15 is 0 Å². The van der Waals surface area contributed by atoms with E-state index in [2.05, 4.69) is 47.3 Å². The van der Waals surface area contributed by atoms with Crippen molar-refractivity contribution in [2.75, 3.05) is 92.6 Å². The molecule has 0 aliphatic carbocycles. The molecule has 1 aliphatic heterocycles. The van der Waals surface area contributed by atoms with Crippen molar-refractivity contribution in [1.82, 2.24) is 19.7 Å². The fraction of sp³-hybridized carbons (Fsp3) is 0.659. The maximum Gasteiger partial charge on any atom is 0.410 e. The van der Waals surface area contributed by atoms with Crippen LogP contribution >= 0.6 is 0 Å². The van der Waals surface area contributed by atoms with Crippen LogP contribution in [0.15, 0.2) is 35.5 Å². The van der Waals surface area contributed by atoms with E-state index in [1.165, 1.54) is 0 Å². The molecule has 1 saturated heterocycles. The number of nitrogens with zero attached hydrogens (tertiary/aromatic N) is 4. The molecular weight excluding hydrogens is 688 g/mol. The molecule has 0 unspecified atom stereocenters. The smallest absolute Gasteiger partial charge is 0.410 e. The van der Waals surface area contributed by atoms with Crippen molar-refractivity contribution in [3.05, 3.63) is 52.2 Å². The molecular formula is C41H68N6O7. The van der Waals surface area contributed by atoms with Gasteiger partial charge < -0.3 is 48.9 Å². The van der Waals surface area contributed by atoms with Crippen molar-refractivity contribution in [2.45, 2.75) is 85.5 Å². The first-order valence-electron chi connectivity index (χ1n) is 19.7. The SMILES string of the molecule is C=c1ccn(Cc2ccc(COCCOCCOCCOCCN3CCN(C(=O)OC(C)(C)C)CC3)cc2OC)/c1=C(/N=C(/N)CCC)NCCCCC. The van der Waals surface area contributed by atoms with E-state index in [-0.39, 0.29) is 6.09 Å². The number of piperazine rings is 1. The maximum atomic E-state index is 12.2. The van der Waals surface area contributed by atoms with Gasteiger partial charge >= 0.3 is 6.09 Å². The molecule has 1 amide bonds. The molecule has 0 spiro atoms. The molecule has 0 saturated carbocycles. The number of methoxy groups -OCH3 is 1. The number of amidine groups is 1. The van der Waals surface area contributed by atoms with Crippen molar-refractivity contribution in [3.63, 3.8) is 0 Å². The molecule has 0 bridgehead atoms. The Kier molecular flexibility index (Phi) is 20.5. The number of nitrogens with two attached hydrogens (primary N) is 1. The highest BCUT2D eigenvalue weighted by Gasteiger charge is 2.25. The van der Waals surface area contributed by atoms with Crippen molar-refractivity contribution in [3.8, 4) is 5.75 Å². The molecule has 54 heavy (non-hydrogen) atoms. The Bertz CT molecular complexity index is 1510. The maximum absolute atomic E-state index is 12.2. The number of ether oxygens (including phenoxy) is 6. The van der Waals surface area contributed by atoms with Crippen molar-refractivity contribution in [1.29, 1.82) is 0 Å². The lowest BCUT2D eigenvalue weighted by atomic mass is 10.1. The van der Waals surface area contributed by atoms with Crippen molar-refractivity contribution >= 4 is 24.3 Å². The minimum absolute atomic E-state index is 0.239. The van der Waals surface area contributed by atoms with Gasteiger partial charge in [-0.05, 0) is 56.5 Å². The average molecular weight is 757 g/mol. The zero-order chi connectivity index (χ0) is 39.2. The Labute approximate surface area is 323 Å². The number of hydrogen-bond donors (Lipinski definition) is 2. The summed E-state index contributed by atoms with van der Waals surface area (Å²) in [7, 11) is 1.69. The second-order valence-electron chi connectivity index (χ2n) is 14.5. The predicted octanol–water partition coefficient (Wildman–Crippen LogP) is 4.08. The van der Waals surface area contributed by atoms with Crippen molar-refractivity contribution in [2.24, 2.45) is 10.7 Å². The number of amides is 1. The molecule has 13 nitrogen and oxygen atoms in total. The molecule has 3 N–H and O–H groups in total. The van der Waals surface area contributed by atoms with Crippen LogP contribution in [0, 0.1) is 0 Å². The first-order chi connectivity index (χ1) is 26.0. The largest absolute Gasteiger partial charge is 0.496 e. The monoisotopic (exact) mass is 757 g/mol. The predicted molar refractivity (Wildman–Crippen MR) is 215 cm³/mol. The summed E-state index contributed by atoms with van der Waals surface area (Å²) in [5.74, 6) is 2.17. The van der Waals surface area contributed by atoms with Gasteiger partial charge in [-0.1, -0.05) is 45.4 Å². The Morgan fingerprint density at radius 3 is 2.20 bits per heavy atom. The Hall–Kier alpha value is -3.62. The molecule has 2 aromatic rings. The molecule has 1 aromatic heterocycles. The van der Waals surface area contributed by atoms with Gasteiger partial charge in [-0.25, -0.2) is 9.79 Å². The number of benzene rings is 1. The van der Waals surface area contributed by atoms with Crippen LogP contribution in [-0.2, 0) is 36.8 Å². The van der Waals surface area contributed by atoms with Gasteiger partial charge in [0.05, 0.1) is 71.9 Å². The average Bonchev–Trinajstić information content (AvgIpc) is 3.50. The molecule has 13 heteroatoms. The number of rotatable bonds is 25. The number of carbonyl (C=O) groups excluding carboxylic acids is 1. The highest BCUT2D eigenvalue weighted by Crippen LogP contribution is 2.22. The summed E-state index contributed by atoms with van der Waals surface area (Å²) in [6, 6.07) is 8.19. The highest BCUT2D eigenvalue weighted by atomic mass is 16.6. The van der Waals surface area contributed by atoms with Crippen LogP contribution < -0.4 is 26.4 Å². The fourth-order valence-electron chi connectivity index (χ4n) is 5.87. The molecule has 304 valence electrons. The number of unbranched alkanes of at least 4 members (excludes halogenated alkanes) is 2. The number of aromatic nitrogens is 1. The molecule has 3 rings (SSSR count). The Balaban J connectivity index is 1.32.